The number of benzene rings is 1. The van der Waals surface area contributed by atoms with Crippen LogP contribution >= 0.6 is 15.9 Å². The Balaban J connectivity index is 1.99. The van der Waals surface area contributed by atoms with Crippen LogP contribution in [-0.2, 0) is 4.79 Å². The fraction of sp³-hybridized carbons (Fsp3) is 0.500. The zero-order chi connectivity index (χ0) is 13.9. The highest BCUT2D eigenvalue weighted by Gasteiger charge is 2.37. The molecule has 1 amide bonds. The molecule has 0 saturated heterocycles. The van der Waals surface area contributed by atoms with Gasteiger partial charge in [0, 0.05) is 18.2 Å². The molecule has 104 valence electrons. The predicted molar refractivity (Wildman–Crippen MR) is 79.3 cm³/mol. The number of hydrogen-bond acceptors (Lipinski definition) is 3. The van der Waals surface area contributed by atoms with Crippen molar-refractivity contribution in [2.24, 2.45) is 11.1 Å². The number of anilines is 1. The largest absolute Gasteiger partial charge is 0.495 e. The summed E-state index contributed by atoms with van der Waals surface area (Å²) in [6, 6.07) is 5.51. The van der Waals surface area contributed by atoms with E-state index in [9.17, 15) is 4.79 Å². The van der Waals surface area contributed by atoms with Crippen LogP contribution in [0.5, 0.6) is 5.75 Å². The number of halogens is 1. The van der Waals surface area contributed by atoms with Gasteiger partial charge in [-0.1, -0.05) is 6.42 Å². The van der Waals surface area contributed by atoms with E-state index in [-0.39, 0.29) is 11.3 Å². The van der Waals surface area contributed by atoms with Gasteiger partial charge in [-0.05, 0) is 52.9 Å². The predicted octanol–water partition coefficient (Wildman–Crippen LogP) is 2.92. The molecule has 1 aliphatic carbocycles. The maximum Gasteiger partial charge on any atom is 0.224 e. The molecule has 5 heteroatoms. The van der Waals surface area contributed by atoms with Gasteiger partial charge in [0.2, 0.25) is 5.91 Å². The molecule has 0 aromatic heterocycles. The Bertz CT molecular complexity index is 467. The minimum Gasteiger partial charge on any atom is -0.495 e. The number of rotatable bonds is 5. The molecule has 1 saturated carbocycles. The van der Waals surface area contributed by atoms with E-state index in [1.54, 1.807) is 13.2 Å². The van der Waals surface area contributed by atoms with E-state index < -0.39 is 0 Å². The van der Waals surface area contributed by atoms with Crippen molar-refractivity contribution in [1.29, 1.82) is 0 Å². The summed E-state index contributed by atoms with van der Waals surface area (Å²) < 4.78 is 6.07. The van der Waals surface area contributed by atoms with Gasteiger partial charge in [0.05, 0.1) is 11.6 Å². The lowest BCUT2D eigenvalue weighted by atomic mass is 9.66. The van der Waals surface area contributed by atoms with E-state index >= 15 is 0 Å². The van der Waals surface area contributed by atoms with Crippen molar-refractivity contribution in [3.05, 3.63) is 22.7 Å². The summed E-state index contributed by atoms with van der Waals surface area (Å²) in [5.41, 5.74) is 6.55. The van der Waals surface area contributed by atoms with Crippen LogP contribution in [0.4, 0.5) is 5.69 Å². The molecule has 1 fully saturated rings. The second-order valence-electron chi connectivity index (χ2n) is 5.13. The lowest BCUT2D eigenvalue weighted by molar-refractivity contribution is -0.119. The van der Waals surface area contributed by atoms with E-state index in [1.165, 1.54) is 6.42 Å². The van der Waals surface area contributed by atoms with Crippen molar-refractivity contribution in [2.45, 2.75) is 25.7 Å². The zero-order valence-electron chi connectivity index (χ0n) is 11.0. The maximum absolute atomic E-state index is 12.0. The molecular weight excluding hydrogens is 308 g/mol. The van der Waals surface area contributed by atoms with Crippen LogP contribution in [0.2, 0.25) is 0 Å². The Labute approximate surface area is 121 Å². The van der Waals surface area contributed by atoms with Gasteiger partial charge in [-0.15, -0.1) is 0 Å². The minimum atomic E-state index is 0.0227. The Morgan fingerprint density at radius 2 is 2.26 bits per heavy atom. The SMILES string of the molecule is COc1cc(NC(=O)CC2(CN)CCC2)ccc1Br. The van der Waals surface area contributed by atoms with E-state index in [0.29, 0.717) is 18.7 Å². The first kappa shape index (κ1) is 14.3. The van der Waals surface area contributed by atoms with Crippen LogP contribution in [0, 0.1) is 5.41 Å². The van der Waals surface area contributed by atoms with Crippen molar-refractivity contribution in [1.82, 2.24) is 0 Å². The smallest absolute Gasteiger partial charge is 0.224 e. The number of nitrogens with one attached hydrogen (secondary N) is 1. The van der Waals surface area contributed by atoms with E-state index in [4.69, 9.17) is 10.5 Å². The molecule has 0 heterocycles. The van der Waals surface area contributed by atoms with Gasteiger partial charge in [-0.25, -0.2) is 0 Å². The molecule has 2 rings (SSSR count). The van der Waals surface area contributed by atoms with Crippen LogP contribution in [0.15, 0.2) is 22.7 Å². The molecule has 0 radical (unpaired) electrons. The number of nitrogens with two attached hydrogens (primary N) is 1. The fourth-order valence-corrected chi connectivity index (χ4v) is 2.82. The van der Waals surface area contributed by atoms with Crippen LogP contribution < -0.4 is 15.8 Å². The van der Waals surface area contributed by atoms with Gasteiger partial charge < -0.3 is 15.8 Å². The zero-order valence-corrected chi connectivity index (χ0v) is 12.6. The highest BCUT2D eigenvalue weighted by molar-refractivity contribution is 9.10. The van der Waals surface area contributed by atoms with Crippen molar-refractivity contribution in [3.63, 3.8) is 0 Å². The minimum absolute atomic E-state index is 0.0227. The van der Waals surface area contributed by atoms with Crippen molar-refractivity contribution in [2.75, 3.05) is 19.0 Å². The number of carbonyl (C=O) groups excluding carboxylic acids is 1. The summed E-state index contributed by atoms with van der Waals surface area (Å²) in [6.07, 6.45) is 3.79. The monoisotopic (exact) mass is 326 g/mol. The third-order valence-electron chi connectivity index (χ3n) is 3.82. The summed E-state index contributed by atoms with van der Waals surface area (Å²) in [4.78, 5) is 12.0. The number of ether oxygens (including phenoxy) is 1. The Morgan fingerprint density at radius 3 is 2.79 bits per heavy atom. The molecule has 0 atom stereocenters. The third-order valence-corrected chi connectivity index (χ3v) is 4.47. The molecule has 0 aliphatic heterocycles. The first-order valence-electron chi connectivity index (χ1n) is 6.42. The van der Waals surface area contributed by atoms with Crippen LogP contribution in [0.25, 0.3) is 0 Å². The molecular formula is C14H19BrN2O2. The first-order valence-corrected chi connectivity index (χ1v) is 7.21. The van der Waals surface area contributed by atoms with Gasteiger partial charge in [0.1, 0.15) is 5.75 Å². The molecule has 1 aromatic rings. The first-order chi connectivity index (χ1) is 9.08. The molecule has 19 heavy (non-hydrogen) atoms. The maximum atomic E-state index is 12.0. The third kappa shape index (κ3) is 3.28. The molecule has 0 bridgehead atoms. The number of carbonyl (C=O) groups is 1. The fourth-order valence-electron chi connectivity index (χ4n) is 2.41. The molecule has 1 aromatic carbocycles. The second-order valence-corrected chi connectivity index (χ2v) is 5.99. The lowest BCUT2D eigenvalue weighted by Gasteiger charge is -2.40. The molecule has 3 N–H and O–H groups in total. The van der Waals surface area contributed by atoms with Crippen molar-refractivity contribution < 1.29 is 9.53 Å². The van der Waals surface area contributed by atoms with Gasteiger partial charge >= 0.3 is 0 Å². The van der Waals surface area contributed by atoms with Crippen LogP contribution in [0.1, 0.15) is 25.7 Å². The second kappa shape index (κ2) is 5.92. The van der Waals surface area contributed by atoms with Crippen molar-refractivity contribution >= 4 is 27.5 Å². The van der Waals surface area contributed by atoms with Gasteiger partial charge in [-0.3, -0.25) is 4.79 Å². The molecule has 0 spiro atoms. The van der Waals surface area contributed by atoms with Crippen molar-refractivity contribution in [3.8, 4) is 5.75 Å². The summed E-state index contributed by atoms with van der Waals surface area (Å²) in [6.45, 7) is 0.587. The van der Waals surface area contributed by atoms with Crippen LogP contribution in [0.3, 0.4) is 0 Å². The number of hydrogen-bond donors (Lipinski definition) is 2. The topological polar surface area (TPSA) is 64.3 Å². The van der Waals surface area contributed by atoms with E-state index in [0.717, 1.165) is 23.0 Å². The van der Waals surface area contributed by atoms with Gasteiger partial charge in [0.25, 0.3) is 0 Å². The van der Waals surface area contributed by atoms with E-state index in [1.807, 2.05) is 12.1 Å². The summed E-state index contributed by atoms with van der Waals surface area (Å²) in [7, 11) is 1.60. The number of methoxy groups -OCH3 is 1. The molecule has 1 aliphatic rings. The highest BCUT2D eigenvalue weighted by Crippen LogP contribution is 2.43. The number of amides is 1. The average Bonchev–Trinajstić information content (AvgIpc) is 2.36. The Kier molecular flexibility index (Phi) is 4.47. The molecule has 4 nitrogen and oxygen atoms in total. The summed E-state index contributed by atoms with van der Waals surface area (Å²) in [5, 5.41) is 2.91. The van der Waals surface area contributed by atoms with Crippen LogP contribution in [-0.4, -0.2) is 19.6 Å². The Morgan fingerprint density at radius 1 is 1.53 bits per heavy atom. The average molecular weight is 327 g/mol. The van der Waals surface area contributed by atoms with Gasteiger partial charge in [-0.2, -0.15) is 0 Å². The summed E-state index contributed by atoms with van der Waals surface area (Å²) in [5.74, 6) is 0.726. The van der Waals surface area contributed by atoms with E-state index in [2.05, 4.69) is 21.2 Å². The normalized spacial score (nSPS) is 16.6. The highest BCUT2D eigenvalue weighted by atomic mass is 79.9. The molecule has 0 unspecified atom stereocenters. The lowest BCUT2D eigenvalue weighted by Crippen LogP contribution is -2.40. The van der Waals surface area contributed by atoms with Gasteiger partial charge in [0.15, 0.2) is 0 Å². The standard InChI is InChI=1S/C14H19BrN2O2/c1-19-12-7-10(3-4-11(12)15)17-13(18)8-14(9-16)5-2-6-14/h3-4,7H,2,5-6,8-9,16H2,1H3,(H,17,18). The quantitative estimate of drug-likeness (QED) is 0.874. The summed E-state index contributed by atoms with van der Waals surface area (Å²) >= 11 is 3.38. The Hall–Kier alpha value is -1.07.